The van der Waals surface area contributed by atoms with Crippen LogP contribution >= 0.6 is 0 Å². The number of hydrogen-bond acceptors (Lipinski definition) is 5. The number of hydrogen-bond donors (Lipinski definition) is 1. The van der Waals surface area contributed by atoms with Crippen molar-refractivity contribution in [2.45, 2.75) is 19.4 Å². The van der Waals surface area contributed by atoms with Crippen molar-refractivity contribution in [3.63, 3.8) is 0 Å². The van der Waals surface area contributed by atoms with Gasteiger partial charge in [0.1, 0.15) is 12.4 Å². The molecule has 0 rings (SSSR count). The third kappa shape index (κ3) is 7.64. The van der Waals surface area contributed by atoms with E-state index >= 15 is 0 Å². The lowest BCUT2D eigenvalue weighted by molar-refractivity contribution is -0.117. The Labute approximate surface area is 72.8 Å². The van der Waals surface area contributed by atoms with Gasteiger partial charge < -0.3 is 9.53 Å². The Balaban J connectivity index is 3.15. The Morgan fingerprint density at radius 2 is 2.08 bits per heavy atom. The fourth-order valence-corrected chi connectivity index (χ4v) is 0.785. The summed E-state index contributed by atoms with van der Waals surface area (Å²) in [5, 5.41) is 0. The minimum Gasteiger partial charge on any atom is -0.371 e. The van der Waals surface area contributed by atoms with E-state index in [1.807, 2.05) is 0 Å². The molecule has 0 aliphatic rings. The van der Waals surface area contributed by atoms with E-state index in [1.165, 1.54) is 0 Å². The summed E-state index contributed by atoms with van der Waals surface area (Å²) >= 11 is 0. The molecule has 0 saturated carbocycles. The van der Waals surface area contributed by atoms with Crippen molar-refractivity contribution < 1.29 is 22.1 Å². The summed E-state index contributed by atoms with van der Waals surface area (Å²) in [6.07, 6.45) is 0.696. The highest BCUT2D eigenvalue weighted by atomic mass is 32.2. The fraction of sp³-hybridized carbons (Fsp3) is 0.833. The van der Waals surface area contributed by atoms with Crippen molar-refractivity contribution in [1.29, 1.82) is 0 Å². The maximum Gasteiger partial charge on any atom is 0.257 e. The highest BCUT2D eigenvalue weighted by Gasteiger charge is 1.97. The number of aldehydes is 1. The topological polar surface area (TPSA) is 69.7 Å². The normalized spacial score (nSPS) is 13.2. The summed E-state index contributed by atoms with van der Waals surface area (Å²) in [6.45, 7) is 2.04. The zero-order valence-corrected chi connectivity index (χ0v) is 7.66. The van der Waals surface area contributed by atoms with Crippen LogP contribution in [0.3, 0.4) is 0 Å². The van der Waals surface area contributed by atoms with Crippen LogP contribution in [-0.2, 0) is 24.7 Å². The molecule has 0 amide bonds. The van der Waals surface area contributed by atoms with Gasteiger partial charge in [0.05, 0.1) is 6.61 Å². The second-order valence-electron chi connectivity index (χ2n) is 2.12. The average Bonchev–Trinajstić information content (AvgIpc) is 2.03. The first-order valence-electron chi connectivity index (χ1n) is 3.51. The number of carbonyl (C=O) groups is 1. The second-order valence-corrected chi connectivity index (χ2v) is 2.83. The lowest BCUT2D eigenvalue weighted by Gasteiger charge is -2.04. The van der Waals surface area contributed by atoms with Crippen molar-refractivity contribution in [3.05, 3.63) is 0 Å². The maximum atomic E-state index is 10.0. The zero-order valence-electron chi connectivity index (χ0n) is 6.76. The molecule has 0 heterocycles. The van der Waals surface area contributed by atoms with Gasteiger partial charge in [-0.2, -0.15) is 0 Å². The summed E-state index contributed by atoms with van der Waals surface area (Å²) in [5.41, 5.74) is 0. The molecule has 72 valence electrons. The van der Waals surface area contributed by atoms with Crippen LogP contribution in [0, 0.1) is 0 Å². The first-order chi connectivity index (χ1) is 5.66. The van der Waals surface area contributed by atoms with Crippen molar-refractivity contribution in [2.75, 3.05) is 13.2 Å². The molecule has 0 aromatic rings. The minimum atomic E-state index is -2.76. The SMILES string of the molecule is CC(C=O)OCCCO[SH](=O)=O. The number of rotatable bonds is 7. The molecule has 6 heteroatoms. The van der Waals surface area contributed by atoms with E-state index < -0.39 is 17.1 Å². The van der Waals surface area contributed by atoms with Crippen LogP contribution < -0.4 is 0 Å². The standard InChI is InChI=1S/C6H12O5S/c1-6(5-7)10-3-2-4-11-12(8)9/h5-6,12H,2-4H2,1H3. The predicted octanol–water partition coefficient (Wildman–Crippen LogP) is -0.476. The molecule has 0 spiro atoms. The van der Waals surface area contributed by atoms with Gasteiger partial charge in [-0.1, -0.05) is 0 Å². The van der Waals surface area contributed by atoms with E-state index in [0.29, 0.717) is 19.3 Å². The largest absolute Gasteiger partial charge is 0.371 e. The van der Waals surface area contributed by atoms with Gasteiger partial charge in [0.25, 0.3) is 11.0 Å². The molecule has 0 radical (unpaired) electrons. The van der Waals surface area contributed by atoms with Gasteiger partial charge in [0.15, 0.2) is 0 Å². The molecule has 0 aromatic heterocycles. The van der Waals surface area contributed by atoms with Crippen molar-refractivity contribution in [2.24, 2.45) is 0 Å². The van der Waals surface area contributed by atoms with E-state index in [4.69, 9.17) is 4.74 Å². The molecule has 0 aliphatic carbocycles. The number of carbonyl (C=O) groups excluding carboxylic acids is 1. The Bertz CT molecular complexity index is 180. The summed E-state index contributed by atoms with van der Waals surface area (Å²) in [4.78, 5) is 10.0. The van der Waals surface area contributed by atoms with Crippen LogP contribution in [0.2, 0.25) is 0 Å². The summed E-state index contributed by atoms with van der Waals surface area (Å²) in [5.74, 6) is 0. The van der Waals surface area contributed by atoms with E-state index in [0.717, 1.165) is 0 Å². The van der Waals surface area contributed by atoms with E-state index in [2.05, 4.69) is 4.18 Å². The highest BCUT2D eigenvalue weighted by Crippen LogP contribution is 1.89. The lowest BCUT2D eigenvalue weighted by Crippen LogP contribution is -2.11. The van der Waals surface area contributed by atoms with Crippen LogP contribution in [0.4, 0.5) is 0 Å². The number of thiol groups is 1. The molecule has 0 fully saturated rings. The van der Waals surface area contributed by atoms with Gasteiger partial charge in [0, 0.05) is 6.61 Å². The highest BCUT2D eigenvalue weighted by molar-refractivity contribution is 7.67. The first-order valence-corrected chi connectivity index (χ1v) is 4.60. The first kappa shape index (κ1) is 11.5. The van der Waals surface area contributed by atoms with Crippen LogP contribution in [0.1, 0.15) is 13.3 Å². The Morgan fingerprint density at radius 3 is 2.58 bits per heavy atom. The molecule has 5 nitrogen and oxygen atoms in total. The molecule has 1 unspecified atom stereocenters. The predicted molar refractivity (Wildman–Crippen MR) is 42.4 cm³/mol. The van der Waals surface area contributed by atoms with Gasteiger partial charge in [-0.05, 0) is 13.3 Å². The summed E-state index contributed by atoms with van der Waals surface area (Å²) < 4.78 is 28.9. The third-order valence-corrected chi connectivity index (χ3v) is 1.45. The maximum absolute atomic E-state index is 10.0. The molecule has 0 bridgehead atoms. The Morgan fingerprint density at radius 1 is 1.42 bits per heavy atom. The average molecular weight is 196 g/mol. The monoisotopic (exact) mass is 196 g/mol. The van der Waals surface area contributed by atoms with Crippen molar-refractivity contribution >= 4 is 17.3 Å². The van der Waals surface area contributed by atoms with Gasteiger partial charge in [-0.3, -0.25) is 4.18 Å². The smallest absolute Gasteiger partial charge is 0.257 e. The minimum absolute atomic E-state index is 0.101. The lowest BCUT2D eigenvalue weighted by atomic mass is 10.4. The molecule has 0 aromatic carbocycles. The third-order valence-electron chi connectivity index (χ3n) is 1.06. The van der Waals surface area contributed by atoms with Crippen molar-refractivity contribution in [3.8, 4) is 0 Å². The molecule has 0 N–H and O–H groups in total. The van der Waals surface area contributed by atoms with Gasteiger partial charge in [0.2, 0.25) is 0 Å². The van der Waals surface area contributed by atoms with Gasteiger partial charge >= 0.3 is 0 Å². The molecule has 0 aliphatic heterocycles. The molecule has 1 atom stereocenters. The summed E-state index contributed by atoms with van der Waals surface area (Å²) in [6, 6.07) is 0. The second kappa shape index (κ2) is 7.20. The Hall–Kier alpha value is -0.460. The van der Waals surface area contributed by atoms with Crippen LogP contribution in [-0.4, -0.2) is 34.0 Å². The van der Waals surface area contributed by atoms with E-state index in [-0.39, 0.29) is 6.61 Å². The van der Waals surface area contributed by atoms with Gasteiger partial charge in [-0.15, -0.1) is 0 Å². The van der Waals surface area contributed by atoms with Gasteiger partial charge in [-0.25, -0.2) is 8.42 Å². The van der Waals surface area contributed by atoms with Crippen LogP contribution in [0.15, 0.2) is 0 Å². The molecule has 12 heavy (non-hydrogen) atoms. The molecule has 0 saturated heterocycles. The fourth-order valence-electron chi connectivity index (χ4n) is 0.507. The van der Waals surface area contributed by atoms with Crippen LogP contribution in [0.25, 0.3) is 0 Å². The van der Waals surface area contributed by atoms with Crippen LogP contribution in [0.5, 0.6) is 0 Å². The van der Waals surface area contributed by atoms with E-state index in [1.54, 1.807) is 6.92 Å². The van der Waals surface area contributed by atoms with Crippen molar-refractivity contribution in [1.82, 2.24) is 0 Å². The zero-order chi connectivity index (χ0) is 9.40. The molecular weight excluding hydrogens is 184 g/mol. The number of ether oxygens (including phenoxy) is 1. The molecular formula is C6H12O5S. The van der Waals surface area contributed by atoms with E-state index in [9.17, 15) is 13.2 Å². The Kier molecular flexibility index (Phi) is 6.93. The quantitative estimate of drug-likeness (QED) is 0.338. The summed E-state index contributed by atoms with van der Waals surface area (Å²) in [7, 11) is -2.76.